The first-order valence-electron chi connectivity index (χ1n) is 6.62. The average molecular weight is 333 g/mol. The van der Waals surface area contributed by atoms with Crippen molar-refractivity contribution in [2.75, 3.05) is 0 Å². The van der Waals surface area contributed by atoms with Gasteiger partial charge in [-0.05, 0) is 19.1 Å². The zero-order valence-electron chi connectivity index (χ0n) is 11.8. The van der Waals surface area contributed by atoms with Crippen molar-refractivity contribution in [3.8, 4) is 5.69 Å². The molecule has 2 aromatic heterocycles. The van der Waals surface area contributed by atoms with Gasteiger partial charge in [0, 0.05) is 11.6 Å². The van der Waals surface area contributed by atoms with Gasteiger partial charge in [0.25, 0.3) is 5.91 Å². The van der Waals surface area contributed by atoms with Crippen molar-refractivity contribution in [3.05, 3.63) is 63.3 Å². The van der Waals surface area contributed by atoms with Crippen LogP contribution in [0.3, 0.4) is 0 Å². The number of hydrogen-bond donors (Lipinski definition) is 1. The topological polar surface area (TPSA) is 59.8 Å². The van der Waals surface area contributed by atoms with Gasteiger partial charge in [0.2, 0.25) is 0 Å². The van der Waals surface area contributed by atoms with Crippen molar-refractivity contribution in [2.24, 2.45) is 0 Å². The van der Waals surface area contributed by atoms with Gasteiger partial charge in [-0.2, -0.15) is 5.10 Å². The van der Waals surface area contributed by atoms with Crippen molar-refractivity contribution in [1.82, 2.24) is 20.1 Å². The van der Waals surface area contributed by atoms with Crippen molar-refractivity contribution in [1.29, 1.82) is 0 Å². The third kappa shape index (κ3) is 3.18. The van der Waals surface area contributed by atoms with E-state index in [-0.39, 0.29) is 5.91 Å². The van der Waals surface area contributed by atoms with E-state index < -0.39 is 0 Å². The molecule has 0 saturated heterocycles. The van der Waals surface area contributed by atoms with Gasteiger partial charge in [0.15, 0.2) is 0 Å². The number of amides is 1. The molecule has 112 valence electrons. The molecule has 3 rings (SSSR count). The number of hydrogen-bond acceptors (Lipinski definition) is 4. The Bertz CT molecular complexity index is 811. The zero-order valence-corrected chi connectivity index (χ0v) is 13.4. The van der Waals surface area contributed by atoms with Crippen molar-refractivity contribution >= 4 is 28.8 Å². The molecule has 7 heteroatoms. The van der Waals surface area contributed by atoms with Crippen molar-refractivity contribution in [3.63, 3.8) is 0 Å². The van der Waals surface area contributed by atoms with E-state index in [9.17, 15) is 4.79 Å². The molecule has 3 aromatic rings. The summed E-state index contributed by atoms with van der Waals surface area (Å²) in [4.78, 5) is 16.4. The Morgan fingerprint density at radius 3 is 2.95 bits per heavy atom. The van der Waals surface area contributed by atoms with E-state index in [1.54, 1.807) is 28.3 Å². The molecule has 5 nitrogen and oxygen atoms in total. The normalized spacial score (nSPS) is 10.6. The van der Waals surface area contributed by atoms with Crippen LogP contribution in [-0.4, -0.2) is 20.7 Å². The highest BCUT2D eigenvalue weighted by Crippen LogP contribution is 2.19. The van der Waals surface area contributed by atoms with Gasteiger partial charge in [-0.15, -0.1) is 11.3 Å². The van der Waals surface area contributed by atoms with Gasteiger partial charge in [-0.25, -0.2) is 9.67 Å². The summed E-state index contributed by atoms with van der Waals surface area (Å²) in [5.74, 6) is -0.191. The quantitative estimate of drug-likeness (QED) is 0.798. The van der Waals surface area contributed by atoms with E-state index in [0.717, 1.165) is 16.4 Å². The minimum Gasteiger partial charge on any atom is -0.346 e. The molecule has 0 spiro atoms. The standard InChI is InChI=1S/C15H13ClN4OS/c1-10-19-12(9-22-10)7-17-15(21)11-6-18-20(8-11)14-5-3-2-4-13(14)16/h2-6,8-9H,7H2,1H3,(H,17,21). The van der Waals surface area contributed by atoms with Crippen LogP contribution < -0.4 is 5.32 Å². The predicted octanol–water partition coefficient (Wildman–Crippen LogP) is 3.22. The van der Waals surface area contributed by atoms with Crippen LogP contribution in [-0.2, 0) is 6.54 Å². The van der Waals surface area contributed by atoms with E-state index in [2.05, 4.69) is 15.4 Å². The molecule has 0 unspecified atom stereocenters. The van der Waals surface area contributed by atoms with Crippen LogP contribution in [0.25, 0.3) is 5.69 Å². The Labute approximate surface area is 136 Å². The van der Waals surface area contributed by atoms with Gasteiger partial charge >= 0.3 is 0 Å². The highest BCUT2D eigenvalue weighted by molar-refractivity contribution is 7.09. The number of halogens is 1. The van der Waals surface area contributed by atoms with Gasteiger partial charge in [-0.3, -0.25) is 4.79 Å². The predicted molar refractivity (Wildman–Crippen MR) is 86.6 cm³/mol. The lowest BCUT2D eigenvalue weighted by molar-refractivity contribution is 0.0950. The molecular weight excluding hydrogens is 320 g/mol. The molecule has 0 radical (unpaired) electrons. The molecule has 0 aliphatic rings. The Morgan fingerprint density at radius 2 is 2.23 bits per heavy atom. The molecule has 0 saturated carbocycles. The summed E-state index contributed by atoms with van der Waals surface area (Å²) < 4.78 is 1.59. The second-order valence-corrected chi connectivity index (χ2v) is 6.13. The second kappa shape index (κ2) is 6.29. The Hall–Kier alpha value is -2.18. The monoisotopic (exact) mass is 332 g/mol. The number of aromatic nitrogens is 3. The van der Waals surface area contributed by atoms with Gasteiger partial charge in [0.1, 0.15) is 0 Å². The summed E-state index contributed by atoms with van der Waals surface area (Å²) in [5, 5.41) is 10.5. The minimum atomic E-state index is -0.191. The van der Waals surface area contributed by atoms with Crippen LogP contribution in [0.2, 0.25) is 5.02 Å². The molecule has 0 fully saturated rings. The highest BCUT2D eigenvalue weighted by Gasteiger charge is 2.11. The first kappa shape index (κ1) is 14.7. The lowest BCUT2D eigenvalue weighted by Crippen LogP contribution is -2.22. The number of benzene rings is 1. The van der Waals surface area contributed by atoms with Crippen LogP contribution in [0.1, 0.15) is 21.1 Å². The largest absolute Gasteiger partial charge is 0.346 e. The number of nitrogens with zero attached hydrogens (tertiary/aromatic N) is 3. The highest BCUT2D eigenvalue weighted by atomic mass is 35.5. The second-order valence-electron chi connectivity index (χ2n) is 4.67. The smallest absolute Gasteiger partial charge is 0.254 e. The van der Waals surface area contributed by atoms with Gasteiger partial charge < -0.3 is 5.32 Å². The fourth-order valence-corrected chi connectivity index (χ4v) is 2.81. The Morgan fingerprint density at radius 1 is 1.41 bits per heavy atom. The van der Waals surface area contributed by atoms with E-state index in [0.29, 0.717) is 17.1 Å². The number of aryl methyl sites for hydroxylation is 1. The van der Waals surface area contributed by atoms with E-state index in [1.165, 1.54) is 6.20 Å². The number of rotatable bonds is 4. The summed E-state index contributed by atoms with van der Waals surface area (Å²) in [6.45, 7) is 2.34. The first-order chi connectivity index (χ1) is 10.6. The van der Waals surface area contributed by atoms with E-state index in [1.807, 2.05) is 30.5 Å². The number of thiazole rings is 1. The first-order valence-corrected chi connectivity index (χ1v) is 7.88. The maximum absolute atomic E-state index is 12.1. The SMILES string of the molecule is Cc1nc(CNC(=O)c2cnn(-c3ccccc3Cl)c2)cs1. The molecule has 1 aromatic carbocycles. The van der Waals surface area contributed by atoms with Crippen LogP contribution in [0.5, 0.6) is 0 Å². The molecule has 22 heavy (non-hydrogen) atoms. The Balaban J connectivity index is 1.70. The average Bonchev–Trinajstić information content (AvgIpc) is 3.14. The number of nitrogens with one attached hydrogen (secondary N) is 1. The van der Waals surface area contributed by atoms with Gasteiger partial charge in [0.05, 0.1) is 39.7 Å². The third-order valence-corrected chi connectivity index (χ3v) is 4.18. The van der Waals surface area contributed by atoms with E-state index >= 15 is 0 Å². The molecule has 0 bridgehead atoms. The molecule has 1 amide bonds. The van der Waals surface area contributed by atoms with Crippen LogP contribution in [0.4, 0.5) is 0 Å². The summed E-state index contributed by atoms with van der Waals surface area (Å²) in [7, 11) is 0. The fraction of sp³-hybridized carbons (Fsp3) is 0.133. The van der Waals surface area contributed by atoms with Crippen LogP contribution in [0, 0.1) is 6.92 Å². The number of carbonyl (C=O) groups excluding carboxylic acids is 1. The minimum absolute atomic E-state index is 0.191. The molecule has 0 aliphatic carbocycles. The third-order valence-electron chi connectivity index (χ3n) is 3.04. The molecular formula is C15H13ClN4OS. The summed E-state index contributed by atoms with van der Waals surface area (Å²) >= 11 is 7.68. The van der Waals surface area contributed by atoms with Gasteiger partial charge in [-0.1, -0.05) is 23.7 Å². The lowest BCUT2D eigenvalue weighted by Gasteiger charge is -2.03. The summed E-state index contributed by atoms with van der Waals surface area (Å²) in [5.41, 5.74) is 2.07. The van der Waals surface area contributed by atoms with Crippen LogP contribution >= 0.6 is 22.9 Å². The van der Waals surface area contributed by atoms with E-state index in [4.69, 9.17) is 11.6 Å². The number of carbonyl (C=O) groups is 1. The molecule has 0 atom stereocenters. The number of para-hydroxylation sites is 1. The zero-order chi connectivity index (χ0) is 15.5. The molecule has 1 N–H and O–H groups in total. The maximum atomic E-state index is 12.1. The Kier molecular flexibility index (Phi) is 4.22. The fourth-order valence-electron chi connectivity index (χ4n) is 1.97. The van der Waals surface area contributed by atoms with Crippen LogP contribution in [0.15, 0.2) is 42.0 Å². The molecule has 0 aliphatic heterocycles. The van der Waals surface area contributed by atoms with Crippen molar-refractivity contribution < 1.29 is 4.79 Å². The van der Waals surface area contributed by atoms with Crippen molar-refractivity contribution in [2.45, 2.75) is 13.5 Å². The molecule has 2 heterocycles. The maximum Gasteiger partial charge on any atom is 0.254 e. The summed E-state index contributed by atoms with van der Waals surface area (Å²) in [6.07, 6.45) is 3.17. The summed E-state index contributed by atoms with van der Waals surface area (Å²) in [6, 6.07) is 7.34. The lowest BCUT2D eigenvalue weighted by atomic mass is 10.3.